The Kier molecular flexibility index (Phi) is 2.59. The van der Waals surface area contributed by atoms with E-state index in [2.05, 4.69) is 5.32 Å². The first kappa shape index (κ1) is 11.3. The molecular weight excluding hydrogens is 228 g/mol. The number of amides is 1. The average Bonchev–Trinajstić information content (AvgIpc) is 2.79. The molecule has 0 bridgehead atoms. The molecule has 1 fully saturated rings. The van der Waals surface area contributed by atoms with Crippen molar-refractivity contribution in [2.45, 2.75) is 25.6 Å². The second-order valence-corrected chi connectivity index (χ2v) is 4.79. The predicted octanol–water partition coefficient (Wildman–Crippen LogP) is 1.59. The van der Waals surface area contributed by atoms with E-state index in [0.29, 0.717) is 17.8 Å². The Bertz CT molecular complexity index is 524. The molecule has 2 aliphatic rings. The molecule has 4 heteroatoms. The zero-order valence-corrected chi connectivity index (χ0v) is 10.3. The second kappa shape index (κ2) is 4.14. The number of carbonyl (C=O) groups excluding carboxylic acids is 1. The minimum atomic E-state index is -0.713. The topological polar surface area (TPSA) is 52.6 Å². The van der Waals surface area contributed by atoms with Gasteiger partial charge in [-0.3, -0.25) is 4.79 Å². The summed E-state index contributed by atoms with van der Waals surface area (Å²) >= 11 is 0. The largest absolute Gasteiger partial charge is 0.372 e. The number of hydrogen-bond acceptors (Lipinski definition) is 3. The number of rotatable bonds is 0. The highest BCUT2D eigenvalue weighted by Crippen LogP contribution is 2.32. The van der Waals surface area contributed by atoms with Crippen LogP contribution in [0.15, 0.2) is 35.9 Å². The molecule has 0 aromatic heterocycles. The Morgan fingerprint density at radius 3 is 3.00 bits per heavy atom. The van der Waals surface area contributed by atoms with E-state index in [1.807, 2.05) is 31.2 Å². The summed E-state index contributed by atoms with van der Waals surface area (Å²) in [7, 11) is 0. The van der Waals surface area contributed by atoms with E-state index in [9.17, 15) is 9.90 Å². The Morgan fingerprint density at radius 1 is 1.44 bits per heavy atom. The van der Waals surface area contributed by atoms with Crippen LogP contribution in [0, 0.1) is 0 Å². The summed E-state index contributed by atoms with van der Waals surface area (Å²) in [5, 5.41) is 13.2. The van der Waals surface area contributed by atoms with Crippen LogP contribution in [0.3, 0.4) is 0 Å². The van der Waals surface area contributed by atoms with Gasteiger partial charge in [-0.25, -0.2) is 0 Å². The van der Waals surface area contributed by atoms with Crippen LogP contribution < -0.4 is 5.32 Å². The molecule has 1 amide bonds. The SMILES string of the molecule is CC=C1CC2C(O)Nc3ccccc3C(=O)N2C1. The van der Waals surface area contributed by atoms with Crippen LogP contribution in [-0.4, -0.2) is 34.7 Å². The lowest BCUT2D eigenvalue weighted by atomic mass is 10.1. The number of allylic oxidation sites excluding steroid dienone is 1. The summed E-state index contributed by atoms with van der Waals surface area (Å²) in [6.45, 7) is 2.59. The van der Waals surface area contributed by atoms with E-state index < -0.39 is 6.23 Å². The number of anilines is 1. The molecule has 0 spiro atoms. The summed E-state index contributed by atoms with van der Waals surface area (Å²) in [4.78, 5) is 14.2. The van der Waals surface area contributed by atoms with Gasteiger partial charge >= 0.3 is 0 Å². The molecule has 2 unspecified atom stereocenters. The molecule has 0 aliphatic carbocycles. The van der Waals surface area contributed by atoms with E-state index in [1.54, 1.807) is 11.0 Å². The van der Waals surface area contributed by atoms with Crippen LogP contribution in [0.5, 0.6) is 0 Å². The summed E-state index contributed by atoms with van der Waals surface area (Å²) in [6.07, 6.45) is 2.06. The van der Waals surface area contributed by atoms with Crippen molar-refractivity contribution in [2.24, 2.45) is 0 Å². The third-order valence-electron chi connectivity index (χ3n) is 3.74. The van der Waals surface area contributed by atoms with Gasteiger partial charge < -0.3 is 15.3 Å². The van der Waals surface area contributed by atoms with E-state index in [1.165, 1.54) is 5.57 Å². The molecule has 2 aliphatic heterocycles. The molecular formula is C14H16N2O2. The Labute approximate surface area is 106 Å². The highest BCUT2D eigenvalue weighted by atomic mass is 16.3. The number of benzene rings is 1. The zero-order valence-electron chi connectivity index (χ0n) is 10.3. The number of aliphatic hydroxyl groups is 1. The van der Waals surface area contributed by atoms with Gasteiger partial charge in [-0.2, -0.15) is 0 Å². The number of fused-ring (bicyclic) bond motifs is 2. The van der Waals surface area contributed by atoms with Gasteiger partial charge in [0.05, 0.1) is 11.6 Å². The van der Waals surface area contributed by atoms with Crippen LogP contribution >= 0.6 is 0 Å². The third-order valence-corrected chi connectivity index (χ3v) is 3.74. The Hall–Kier alpha value is -1.81. The molecule has 2 heterocycles. The number of nitrogens with one attached hydrogen (secondary N) is 1. The molecule has 3 rings (SSSR count). The highest BCUT2D eigenvalue weighted by molar-refractivity contribution is 6.01. The van der Waals surface area contributed by atoms with Crippen molar-refractivity contribution in [3.8, 4) is 0 Å². The van der Waals surface area contributed by atoms with Crippen molar-refractivity contribution in [3.05, 3.63) is 41.5 Å². The number of hydrogen-bond donors (Lipinski definition) is 2. The standard InChI is InChI=1S/C14H16N2O2/c1-2-9-7-12-13(17)15-11-6-4-3-5-10(11)14(18)16(12)8-9/h2-6,12-13,15,17H,7-8H2,1H3. The lowest BCUT2D eigenvalue weighted by Crippen LogP contribution is -2.43. The van der Waals surface area contributed by atoms with E-state index >= 15 is 0 Å². The maximum atomic E-state index is 12.5. The first-order chi connectivity index (χ1) is 8.70. The lowest BCUT2D eigenvalue weighted by molar-refractivity contribution is 0.0582. The minimum absolute atomic E-state index is 0.00324. The summed E-state index contributed by atoms with van der Waals surface area (Å²) in [5.74, 6) is -0.00324. The number of nitrogens with zero attached hydrogens (tertiary/aromatic N) is 1. The molecule has 2 atom stereocenters. The fourth-order valence-electron chi connectivity index (χ4n) is 2.70. The quantitative estimate of drug-likeness (QED) is 0.681. The van der Waals surface area contributed by atoms with Gasteiger partial charge in [-0.1, -0.05) is 23.8 Å². The predicted molar refractivity (Wildman–Crippen MR) is 69.3 cm³/mol. The van der Waals surface area contributed by atoms with Crippen molar-refractivity contribution < 1.29 is 9.90 Å². The molecule has 18 heavy (non-hydrogen) atoms. The Morgan fingerprint density at radius 2 is 2.22 bits per heavy atom. The van der Waals surface area contributed by atoms with Crippen molar-refractivity contribution >= 4 is 11.6 Å². The fourth-order valence-corrected chi connectivity index (χ4v) is 2.70. The first-order valence-corrected chi connectivity index (χ1v) is 6.19. The second-order valence-electron chi connectivity index (χ2n) is 4.79. The number of carbonyl (C=O) groups is 1. The van der Waals surface area contributed by atoms with E-state index in [0.717, 1.165) is 6.42 Å². The van der Waals surface area contributed by atoms with Crippen molar-refractivity contribution in [3.63, 3.8) is 0 Å². The molecule has 2 N–H and O–H groups in total. The van der Waals surface area contributed by atoms with Gasteiger partial charge in [0.25, 0.3) is 5.91 Å². The van der Waals surface area contributed by atoms with Gasteiger partial charge in [-0.05, 0) is 25.5 Å². The summed E-state index contributed by atoms with van der Waals surface area (Å²) < 4.78 is 0. The lowest BCUT2D eigenvalue weighted by Gasteiger charge is -2.24. The number of para-hydroxylation sites is 1. The van der Waals surface area contributed by atoms with Crippen LogP contribution in [0.1, 0.15) is 23.7 Å². The average molecular weight is 244 g/mol. The molecule has 1 aromatic carbocycles. The summed E-state index contributed by atoms with van der Waals surface area (Å²) in [5.41, 5.74) is 2.55. The normalized spacial score (nSPS) is 28.7. The molecule has 0 radical (unpaired) electrons. The third kappa shape index (κ3) is 1.61. The molecule has 4 nitrogen and oxygen atoms in total. The molecule has 1 saturated heterocycles. The summed E-state index contributed by atoms with van der Waals surface area (Å²) in [6, 6.07) is 7.16. The van der Waals surface area contributed by atoms with Crippen molar-refractivity contribution in [2.75, 3.05) is 11.9 Å². The van der Waals surface area contributed by atoms with Crippen LogP contribution in [0.2, 0.25) is 0 Å². The van der Waals surface area contributed by atoms with Gasteiger partial charge in [0.2, 0.25) is 0 Å². The molecule has 1 aromatic rings. The van der Waals surface area contributed by atoms with E-state index in [4.69, 9.17) is 0 Å². The fraction of sp³-hybridized carbons (Fsp3) is 0.357. The highest BCUT2D eigenvalue weighted by Gasteiger charge is 2.39. The molecule has 94 valence electrons. The van der Waals surface area contributed by atoms with Gasteiger partial charge in [0, 0.05) is 12.2 Å². The smallest absolute Gasteiger partial charge is 0.256 e. The monoisotopic (exact) mass is 244 g/mol. The maximum Gasteiger partial charge on any atom is 0.256 e. The van der Waals surface area contributed by atoms with Gasteiger partial charge in [0.15, 0.2) is 0 Å². The minimum Gasteiger partial charge on any atom is -0.372 e. The van der Waals surface area contributed by atoms with Crippen molar-refractivity contribution in [1.82, 2.24) is 4.90 Å². The Balaban J connectivity index is 2.04. The van der Waals surface area contributed by atoms with Gasteiger partial charge in [-0.15, -0.1) is 0 Å². The van der Waals surface area contributed by atoms with Crippen LogP contribution in [-0.2, 0) is 0 Å². The maximum absolute atomic E-state index is 12.5. The zero-order chi connectivity index (χ0) is 12.7. The number of aliphatic hydroxyl groups excluding tert-OH is 1. The van der Waals surface area contributed by atoms with Crippen LogP contribution in [0.25, 0.3) is 0 Å². The van der Waals surface area contributed by atoms with Crippen LogP contribution in [0.4, 0.5) is 5.69 Å². The van der Waals surface area contributed by atoms with Crippen molar-refractivity contribution in [1.29, 1.82) is 0 Å². The van der Waals surface area contributed by atoms with E-state index in [-0.39, 0.29) is 11.9 Å². The van der Waals surface area contributed by atoms with Gasteiger partial charge in [0.1, 0.15) is 6.23 Å². The first-order valence-electron chi connectivity index (χ1n) is 6.19. The molecule has 0 saturated carbocycles.